The Morgan fingerprint density at radius 2 is 1.79 bits per heavy atom. The van der Waals surface area contributed by atoms with E-state index in [0.29, 0.717) is 29.2 Å². The summed E-state index contributed by atoms with van der Waals surface area (Å²) in [6.07, 6.45) is 2.26. The first-order valence-electron chi connectivity index (χ1n) is 7.69. The molecule has 0 spiro atoms. The van der Waals surface area contributed by atoms with Crippen molar-refractivity contribution in [2.75, 3.05) is 5.32 Å². The fourth-order valence-corrected chi connectivity index (χ4v) is 2.32. The molecule has 2 N–H and O–H groups in total. The molecule has 0 aliphatic carbocycles. The normalized spacial score (nSPS) is 10.4. The van der Waals surface area contributed by atoms with Gasteiger partial charge in [0.2, 0.25) is 0 Å². The summed E-state index contributed by atoms with van der Waals surface area (Å²) in [7, 11) is 0. The smallest absolute Gasteiger partial charge is 0.256 e. The highest BCUT2D eigenvalue weighted by molar-refractivity contribution is 6.04. The summed E-state index contributed by atoms with van der Waals surface area (Å²) in [5.74, 6) is 0.458. The van der Waals surface area contributed by atoms with Gasteiger partial charge in [-0.2, -0.15) is 0 Å². The second kappa shape index (κ2) is 6.91. The Morgan fingerprint density at radius 1 is 1.08 bits per heavy atom. The Kier molecular flexibility index (Phi) is 4.52. The molecule has 0 atom stereocenters. The Labute approximate surface area is 140 Å². The summed E-state index contributed by atoms with van der Waals surface area (Å²) >= 11 is 0. The number of carbonyl (C=O) groups excluding carboxylic acids is 1. The Bertz CT molecular complexity index is 846. The number of nitrogens with zero attached hydrogens (tertiary/aromatic N) is 2. The summed E-state index contributed by atoms with van der Waals surface area (Å²) in [6, 6.07) is 15.8. The zero-order chi connectivity index (χ0) is 16.9. The third-order valence-corrected chi connectivity index (χ3v) is 3.61. The molecule has 0 aliphatic heterocycles. The largest absolute Gasteiger partial charge is 0.508 e. The van der Waals surface area contributed by atoms with Crippen molar-refractivity contribution in [2.45, 2.75) is 13.3 Å². The first kappa shape index (κ1) is 15.7. The molecule has 0 aliphatic rings. The molecule has 24 heavy (non-hydrogen) atoms. The summed E-state index contributed by atoms with van der Waals surface area (Å²) in [5, 5.41) is 12.2. The minimum Gasteiger partial charge on any atom is -0.508 e. The quantitative estimate of drug-likeness (QED) is 0.769. The maximum absolute atomic E-state index is 12.3. The van der Waals surface area contributed by atoms with Gasteiger partial charge in [-0.15, -0.1) is 0 Å². The van der Waals surface area contributed by atoms with Crippen LogP contribution in [0.4, 0.5) is 5.82 Å². The van der Waals surface area contributed by atoms with Gasteiger partial charge in [0.1, 0.15) is 5.75 Å². The van der Waals surface area contributed by atoms with Crippen LogP contribution in [-0.4, -0.2) is 21.0 Å². The number of carbonyl (C=O) groups is 1. The van der Waals surface area contributed by atoms with E-state index in [2.05, 4.69) is 15.3 Å². The van der Waals surface area contributed by atoms with E-state index >= 15 is 0 Å². The molecule has 0 saturated heterocycles. The van der Waals surface area contributed by atoms with Gasteiger partial charge in [0, 0.05) is 11.1 Å². The highest BCUT2D eigenvalue weighted by Crippen LogP contribution is 2.22. The van der Waals surface area contributed by atoms with Gasteiger partial charge >= 0.3 is 0 Å². The van der Waals surface area contributed by atoms with Crippen molar-refractivity contribution >= 4 is 11.7 Å². The lowest BCUT2D eigenvalue weighted by atomic mass is 10.1. The van der Waals surface area contributed by atoms with E-state index in [9.17, 15) is 9.90 Å². The van der Waals surface area contributed by atoms with E-state index < -0.39 is 0 Å². The first-order valence-corrected chi connectivity index (χ1v) is 7.69. The zero-order valence-corrected chi connectivity index (χ0v) is 13.2. The predicted octanol–water partition coefficient (Wildman–Crippen LogP) is 3.66. The third kappa shape index (κ3) is 3.41. The van der Waals surface area contributed by atoms with Crippen LogP contribution < -0.4 is 5.32 Å². The number of anilines is 1. The van der Waals surface area contributed by atoms with Crippen LogP contribution in [0.2, 0.25) is 0 Å². The van der Waals surface area contributed by atoms with Gasteiger partial charge < -0.3 is 10.4 Å². The van der Waals surface area contributed by atoms with Gasteiger partial charge in [0.25, 0.3) is 5.91 Å². The summed E-state index contributed by atoms with van der Waals surface area (Å²) in [6.45, 7) is 1.96. The fraction of sp³-hybridized carbons (Fsp3) is 0.105. The van der Waals surface area contributed by atoms with E-state index in [4.69, 9.17) is 0 Å². The molecule has 0 saturated carbocycles. The number of phenols is 1. The number of benzene rings is 2. The maximum Gasteiger partial charge on any atom is 0.256 e. The van der Waals surface area contributed by atoms with Crippen LogP contribution in [0.5, 0.6) is 5.75 Å². The molecule has 1 amide bonds. The third-order valence-electron chi connectivity index (χ3n) is 3.61. The number of aromatic nitrogens is 2. The summed E-state index contributed by atoms with van der Waals surface area (Å²) < 4.78 is 0. The Balaban J connectivity index is 1.87. The number of aromatic hydroxyl groups is 1. The Hall–Kier alpha value is -3.21. The Morgan fingerprint density at radius 3 is 2.46 bits per heavy atom. The van der Waals surface area contributed by atoms with Crippen molar-refractivity contribution in [3.05, 3.63) is 72.1 Å². The topological polar surface area (TPSA) is 75.1 Å². The molecular weight excluding hydrogens is 302 g/mol. The lowest BCUT2D eigenvalue weighted by Crippen LogP contribution is -2.15. The number of hydrogen-bond donors (Lipinski definition) is 2. The van der Waals surface area contributed by atoms with Crippen LogP contribution in [-0.2, 0) is 6.42 Å². The van der Waals surface area contributed by atoms with Gasteiger partial charge in [-0.05, 0) is 42.8 Å². The highest BCUT2D eigenvalue weighted by Gasteiger charge is 2.12. The van der Waals surface area contributed by atoms with Crippen LogP contribution in [0.25, 0.3) is 11.3 Å². The molecule has 5 nitrogen and oxygen atoms in total. The number of aryl methyl sites for hydroxylation is 1. The average molecular weight is 319 g/mol. The van der Waals surface area contributed by atoms with Crippen molar-refractivity contribution in [2.24, 2.45) is 0 Å². The van der Waals surface area contributed by atoms with Crippen LogP contribution >= 0.6 is 0 Å². The SMILES string of the molecule is CCc1nc(-c2ccc(O)cc2)cnc1NC(=O)c1ccccc1. The van der Waals surface area contributed by atoms with E-state index in [-0.39, 0.29) is 11.7 Å². The molecule has 0 bridgehead atoms. The predicted molar refractivity (Wildman–Crippen MR) is 92.9 cm³/mol. The lowest BCUT2D eigenvalue weighted by Gasteiger charge is -2.10. The van der Waals surface area contributed by atoms with Crippen molar-refractivity contribution in [1.82, 2.24) is 9.97 Å². The molecule has 2 aromatic carbocycles. The summed E-state index contributed by atoms with van der Waals surface area (Å²) in [4.78, 5) is 21.2. The number of rotatable bonds is 4. The minimum absolute atomic E-state index is 0.203. The molecule has 120 valence electrons. The number of hydrogen-bond acceptors (Lipinski definition) is 4. The van der Waals surface area contributed by atoms with Gasteiger partial charge in [-0.1, -0.05) is 25.1 Å². The maximum atomic E-state index is 12.3. The van der Waals surface area contributed by atoms with Crippen LogP contribution in [0.1, 0.15) is 23.0 Å². The number of phenolic OH excluding ortho intramolecular Hbond substituents is 1. The molecule has 1 aromatic heterocycles. The van der Waals surface area contributed by atoms with Crippen molar-refractivity contribution in [3.63, 3.8) is 0 Å². The molecule has 3 rings (SSSR count). The van der Waals surface area contributed by atoms with E-state index in [1.165, 1.54) is 0 Å². The van der Waals surface area contributed by atoms with Crippen molar-refractivity contribution < 1.29 is 9.90 Å². The fourth-order valence-electron chi connectivity index (χ4n) is 2.32. The molecule has 1 heterocycles. The van der Waals surface area contributed by atoms with E-state index in [1.54, 1.807) is 42.6 Å². The second-order valence-electron chi connectivity index (χ2n) is 5.27. The monoisotopic (exact) mass is 319 g/mol. The van der Waals surface area contributed by atoms with E-state index in [0.717, 1.165) is 5.56 Å². The van der Waals surface area contributed by atoms with Crippen molar-refractivity contribution in [1.29, 1.82) is 0 Å². The van der Waals surface area contributed by atoms with Gasteiger partial charge in [0.05, 0.1) is 17.6 Å². The molecule has 3 aromatic rings. The highest BCUT2D eigenvalue weighted by atomic mass is 16.3. The molecule has 5 heteroatoms. The van der Waals surface area contributed by atoms with Crippen LogP contribution in [0, 0.1) is 0 Å². The standard InChI is InChI=1S/C19H17N3O2/c1-2-16-18(22-19(24)14-6-4-3-5-7-14)20-12-17(21-16)13-8-10-15(23)11-9-13/h3-12,23H,2H2,1H3,(H,20,22,24). The minimum atomic E-state index is -0.211. The number of nitrogens with one attached hydrogen (secondary N) is 1. The van der Waals surface area contributed by atoms with Crippen LogP contribution in [0.15, 0.2) is 60.8 Å². The molecular formula is C19H17N3O2. The molecule has 0 fully saturated rings. The van der Waals surface area contributed by atoms with E-state index in [1.807, 2.05) is 25.1 Å². The summed E-state index contributed by atoms with van der Waals surface area (Å²) in [5.41, 5.74) is 2.84. The average Bonchev–Trinajstić information content (AvgIpc) is 2.63. The molecule has 0 radical (unpaired) electrons. The second-order valence-corrected chi connectivity index (χ2v) is 5.27. The van der Waals surface area contributed by atoms with Gasteiger partial charge in [0.15, 0.2) is 5.82 Å². The lowest BCUT2D eigenvalue weighted by molar-refractivity contribution is 0.102. The van der Waals surface area contributed by atoms with Gasteiger partial charge in [-0.3, -0.25) is 4.79 Å². The van der Waals surface area contributed by atoms with Gasteiger partial charge in [-0.25, -0.2) is 9.97 Å². The zero-order valence-electron chi connectivity index (χ0n) is 13.2. The molecule has 0 unspecified atom stereocenters. The first-order chi connectivity index (χ1) is 11.7. The van der Waals surface area contributed by atoms with Crippen LogP contribution in [0.3, 0.4) is 0 Å². The number of amides is 1. The van der Waals surface area contributed by atoms with Crippen molar-refractivity contribution in [3.8, 4) is 17.0 Å².